The van der Waals surface area contributed by atoms with Crippen molar-refractivity contribution < 1.29 is 14.4 Å². The molecule has 0 amide bonds. The van der Waals surface area contributed by atoms with Crippen LogP contribution in [-0.2, 0) is 9.63 Å². The lowest BCUT2D eigenvalue weighted by Gasteiger charge is -2.09. The van der Waals surface area contributed by atoms with Gasteiger partial charge in [-0.05, 0) is 29.8 Å². The number of hydrogen-bond donors (Lipinski definition) is 0. The van der Waals surface area contributed by atoms with Crippen molar-refractivity contribution >= 4 is 28.5 Å². The summed E-state index contributed by atoms with van der Waals surface area (Å²) in [4.78, 5) is 16.4. The maximum absolute atomic E-state index is 11.7. The van der Waals surface area contributed by atoms with Crippen LogP contribution in [0.25, 0.3) is 16.8 Å². The van der Waals surface area contributed by atoms with E-state index in [0.29, 0.717) is 17.0 Å². The molecule has 4 nitrogen and oxygen atoms in total. The van der Waals surface area contributed by atoms with Gasteiger partial charge in [-0.25, -0.2) is 4.79 Å². The molecule has 0 atom stereocenters. The number of oxime groups is 1. The molecule has 1 aliphatic rings. The Balaban J connectivity index is 2.27. The Morgan fingerprint density at radius 2 is 2.00 bits per heavy atom. The highest BCUT2D eigenvalue weighted by Crippen LogP contribution is 2.31. The van der Waals surface area contributed by atoms with E-state index >= 15 is 0 Å². The minimum absolute atomic E-state index is 0.433. The summed E-state index contributed by atoms with van der Waals surface area (Å²) in [7, 11) is 1.61. The molecule has 4 heteroatoms. The molecule has 0 radical (unpaired) electrons. The lowest BCUT2D eigenvalue weighted by atomic mass is 10.00. The molecule has 0 saturated carbocycles. The van der Waals surface area contributed by atoms with Crippen LogP contribution in [0.15, 0.2) is 47.1 Å². The zero-order valence-electron chi connectivity index (χ0n) is 11.2. The van der Waals surface area contributed by atoms with Crippen LogP contribution in [0.4, 0.5) is 0 Å². The Labute approximate surface area is 116 Å². The van der Waals surface area contributed by atoms with Crippen molar-refractivity contribution in [1.82, 2.24) is 0 Å². The molecule has 2 aromatic carbocycles. The molecule has 0 bridgehead atoms. The molecular formula is C16H13NO3. The SMILES string of the molecule is COc1ccc2ccccc2c1/C=C1/C(=O)ON=C1C. The third-order valence-corrected chi connectivity index (χ3v) is 3.31. The Kier molecular flexibility index (Phi) is 2.99. The molecule has 0 unspecified atom stereocenters. The highest BCUT2D eigenvalue weighted by molar-refractivity contribution is 6.25. The quantitative estimate of drug-likeness (QED) is 0.620. The highest BCUT2D eigenvalue weighted by Gasteiger charge is 2.22. The van der Waals surface area contributed by atoms with Crippen molar-refractivity contribution in [3.05, 3.63) is 47.5 Å². The molecule has 100 valence electrons. The fraction of sp³-hybridized carbons (Fsp3) is 0.125. The molecule has 0 aliphatic carbocycles. The van der Waals surface area contributed by atoms with Crippen molar-refractivity contribution in [3.8, 4) is 5.75 Å². The van der Waals surface area contributed by atoms with Crippen LogP contribution in [0, 0.1) is 0 Å². The summed E-state index contributed by atoms with van der Waals surface area (Å²) < 4.78 is 5.40. The first-order valence-electron chi connectivity index (χ1n) is 6.24. The van der Waals surface area contributed by atoms with E-state index in [1.54, 1.807) is 20.1 Å². The topological polar surface area (TPSA) is 47.9 Å². The first-order valence-corrected chi connectivity index (χ1v) is 6.24. The van der Waals surface area contributed by atoms with Crippen LogP contribution in [0.2, 0.25) is 0 Å². The number of benzene rings is 2. The number of methoxy groups -OCH3 is 1. The van der Waals surface area contributed by atoms with Gasteiger partial charge in [-0.1, -0.05) is 35.5 Å². The molecule has 0 fully saturated rings. The third-order valence-electron chi connectivity index (χ3n) is 3.31. The van der Waals surface area contributed by atoms with Crippen molar-refractivity contribution in [2.24, 2.45) is 5.16 Å². The first kappa shape index (κ1) is 12.4. The summed E-state index contributed by atoms with van der Waals surface area (Å²) in [6, 6.07) is 11.8. The number of ether oxygens (including phenoxy) is 1. The summed E-state index contributed by atoms with van der Waals surface area (Å²) in [6.07, 6.45) is 1.77. The van der Waals surface area contributed by atoms with E-state index in [1.807, 2.05) is 36.4 Å². The fourth-order valence-corrected chi connectivity index (χ4v) is 2.27. The van der Waals surface area contributed by atoms with E-state index in [4.69, 9.17) is 4.74 Å². The molecule has 1 heterocycles. The third kappa shape index (κ3) is 1.95. The van der Waals surface area contributed by atoms with Crippen LogP contribution < -0.4 is 4.74 Å². The van der Waals surface area contributed by atoms with Gasteiger partial charge in [0.05, 0.1) is 18.4 Å². The lowest BCUT2D eigenvalue weighted by molar-refractivity contribution is -0.136. The van der Waals surface area contributed by atoms with E-state index in [2.05, 4.69) is 9.99 Å². The van der Waals surface area contributed by atoms with Gasteiger partial charge in [0.2, 0.25) is 0 Å². The Morgan fingerprint density at radius 1 is 1.20 bits per heavy atom. The van der Waals surface area contributed by atoms with Gasteiger partial charge < -0.3 is 9.57 Å². The molecule has 0 saturated heterocycles. The van der Waals surface area contributed by atoms with E-state index in [1.165, 1.54) is 0 Å². The summed E-state index contributed by atoms with van der Waals surface area (Å²) in [5.74, 6) is 0.279. The van der Waals surface area contributed by atoms with Crippen molar-refractivity contribution in [2.75, 3.05) is 7.11 Å². The normalized spacial score (nSPS) is 16.4. The first-order chi connectivity index (χ1) is 9.70. The molecule has 0 N–H and O–H groups in total. The second kappa shape index (κ2) is 4.81. The lowest BCUT2D eigenvalue weighted by Crippen LogP contribution is -2.02. The molecule has 0 spiro atoms. The second-order valence-electron chi connectivity index (χ2n) is 4.52. The maximum atomic E-state index is 11.7. The number of carbonyl (C=O) groups is 1. The van der Waals surface area contributed by atoms with E-state index < -0.39 is 5.97 Å². The second-order valence-corrected chi connectivity index (χ2v) is 4.52. The van der Waals surface area contributed by atoms with Gasteiger partial charge in [-0.3, -0.25) is 0 Å². The zero-order chi connectivity index (χ0) is 14.1. The van der Waals surface area contributed by atoms with Crippen LogP contribution in [0.1, 0.15) is 12.5 Å². The van der Waals surface area contributed by atoms with Gasteiger partial charge in [0.15, 0.2) is 0 Å². The largest absolute Gasteiger partial charge is 0.496 e. The van der Waals surface area contributed by atoms with Gasteiger partial charge in [0.1, 0.15) is 5.75 Å². The van der Waals surface area contributed by atoms with Crippen molar-refractivity contribution in [1.29, 1.82) is 0 Å². The van der Waals surface area contributed by atoms with E-state index in [-0.39, 0.29) is 0 Å². The molecule has 2 aromatic rings. The standard InChI is InChI=1S/C16H13NO3/c1-10-13(16(18)20-17-10)9-14-12-6-4-3-5-11(12)7-8-15(14)19-2/h3-9H,1-2H3/b13-9+. The smallest absolute Gasteiger partial charge is 0.367 e. The van der Waals surface area contributed by atoms with E-state index in [9.17, 15) is 4.79 Å². The van der Waals surface area contributed by atoms with Gasteiger partial charge in [0, 0.05) is 5.56 Å². The molecule has 3 rings (SSSR count). The van der Waals surface area contributed by atoms with Gasteiger partial charge in [-0.15, -0.1) is 0 Å². The minimum atomic E-state index is -0.433. The van der Waals surface area contributed by atoms with Crippen LogP contribution in [-0.4, -0.2) is 18.8 Å². The predicted octanol–water partition coefficient (Wildman–Crippen LogP) is 3.16. The molecule has 0 aromatic heterocycles. The highest BCUT2D eigenvalue weighted by atomic mass is 16.7. The summed E-state index contributed by atoms with van der Waals surface area (Å²) in [5, 5.41) is 5.79. The zero-order valence-corrected chi connectivity index (χ0v) is 11.2. The summed E-state index contributed by atoms with van der Waals surface area (Å²) in [6.45, 7) is 1.74. The Bertz CT molecular complexity index is 759. The van der Waals surface area contributed by atoms with Gasteiger partial charge in [0.25, 0.3) is 0 Å². The number of rotatable bonds is 2. The summed E-state index contributed by atoms with van der Waals surface area (Å²) >= 11 is 0. The average Bonchev–Trinajstić information content (AvgIpc) is 2.79. The van der Waals surface area contributed by atoms with Crippen molar-refractivity contribution in [3.63, 3.8) is 0 Å². The minimum Gasteiger partial charge on any atom is -0.496 e. The number of carbonyl (C=O) groups excluding carboxylic acids is 1. The van der Waals surface area contributed by atoms with Crippen LogP contribution >= 0.6 is 0 Å². The molecular weight excluding hydrogens is 254 g/mol. The van der Waals surface area contributed by atoms with Crippen LogP contribution in [0.5, 0.6) is 5.75 Å². The van der Waals surface area contributed by atoms with Crippen molar-refractivity contribution in [2.45, 2.75) is 6.92 Å². The number of fused-ring (bicyclic) bond motifs is 1. The summed E-state index contributed by atoms with van der Waals surface area (Å²) in [5.41, 5.74) is 1.89. The van der Waals surface area contributed by atoms with Gasteiger partial charge >= 0.3 is 5.97 Å². The monoisotopic (exact) mass is 267 g/mol. The molecule has 20 heavy (non-hydrogen) atoms. The predicted molar refractivity (Wildman–Crippen MR) is 77.7 cm³/mol. The fourth-order valence-electron chi connectivity index (χ4n) is 2.27. The number of hydrogen-bond acceptors (Lipinski definition) is 4. The molecule has 1 aliphatic heterocycles. The van der Waals surface area contributed by atoms with Gasteiger partial charge in [-0.2, -0.15) is 0 Å². The number of nitrogens with zero attached hydrogens (tertiary/aromatic N) is 1. The Morgan fingerprint density at radius 3 is 2.70 bits per heavy atom. The maximum Gasteiger partial charge on any atom is 0.367 e. The average molecular weight is 267 g/mol. The van der Waals surface area contributed by atoms with Crippen LogP contribution in [0.3, 0.4) is 0 Å². The van der Waals surface area contributed by atoms with E-state index in [0.717, 1.165) is 16.3 Å². The Hall–Kier alpha value is -2.62.